The van der Waals surface area contributed by atoms with Gasteiger partial charge in [-0.25, -0.2) is 0 Å². The molecular weight excluding hydrogens is 264 g/mol. The summed E-state index contributed by atoms with van der Waals surface area (Å²) in [7, 11) is 0. The number of anilines is 1. The van der Waals surface area contributed by atoms with Crippen LogP contribution >= 0.6 is 0 Å². The molecule has 0 aliphatic rings. The van der Waals surface area contributed by atoms with Crippen molar-refractivity contribution in [2.24, 2.45) is 0 Å². The number of carbonyl (C=O) groups is 1. The van der Waals surface area contributed by atoms with Gasteiger partial charge in [-0.2, -0.15) is 5.10 Å². The molecule has 5 heteroatoms. The Kier molecular flexibility index (Phi) is 8.55. The van der Waals surface area contributed by atoms with Crippen LogP contribution in [0.3, 0.4) is 0 Å². The molecule has 1 heterocycles. The molecule has 0 saturated carbocycles. The number of nitrogens with zero attached hydrogens (tertiary/aromatic N) is 2. The van der Waals surface area contributed by atoms with E-state index in [1.807, 2.05) is 6.92 Å². The lowest BCUT2D eigenvalue weighted by molar-refractivity contribution is 0.0948. The van der Waals surface area contributed by atoms with E-state index in [-0.39, 0.29) is 5.91 Å². The Morgan fingerprint density at radius 1 is 1.14 bits per heavy atom. The van der Waals surface area contributed by atoms with E-state index in [0.717, 1.165) is 13.0 Å². The van der Waals surface area contributed by atoms with Gasteiger partial charge in [0.15, 0.2) is 5.69 Å². The minimum Gasteiger partial charge on any atom is -0.396 e. The van der Waals surface area contributed by atoms with E-state index >= 15 is 0 Å². The quantitative estimate of drug-likeness (QED) is 0.615. The van der Waals surface area contributed by atoms with E-state index in [9.17, 15) is 4.79 Å². The molecule has 0 aliphatic heterocycles. The summed E-state index contributed by atoms with van der Waals surface area (Å²) in [5.41, 5.74) is 6.58. The Hall–Kier alpha value is -1.52. The number of carbonyl (C=O) groups excluding carboxylic acids is 1. The van der Waals surface area contributed by atoms with Gasteiger partial charge in [0.05, 0.1) is 5.69 Å². The molecule has 0 fully saturated rings. The molecule has 3 N–H and O–H groups in total. The topological polar surface area (TPSA) is 72.9 Å². The smallest absolute Gasteiger partial charge is 0.273 e. The number of aryl methyl sites for hydroxylation is 1. The zero-order valence-electron chi connectivity index (χ0n) is 13.5. The summed E-state index contributed by atoms with van der Waals surface area (Å²) in [5.74, 6) is -0.164. The molecule has 21 heavy (non-hydrogen) atoms. The first-order valence-corrected chi connectivity index (χ1v) is 8.30. The van der Waals surface area contributed by atoms with Crippen LogP contribution in [0.15, 0.2) is 6.20 Å². The molecule has 5 nitrogen and oxygen atoms in total. The number of nitrogens with one attached hydrogen (secondary N) is 1. The first-order chi connectivity index (χ1) is 10.2. The van der Waals surface area contributed by atoms with E-state index in [0.29, 0.717) is 17.9 Å². The van der Waals surface area contributed by atoms with Gasteiger partial charge in [0.2, 0.25) is 0 Å². The molecule has 120 valence electrons. The summed E-state index contributed by atoms with van der Waals surface area (Å²) >= 11 is 0. The lowest BCUT2D eigenvalue weighted by atomic mass is 10.1. The SMILES string of the molecule is CCCCCCCCCCNC(=O)c1nn(CC)cc1N. The maximum absolute atomic E-state index is 11.9. The van der Waals surface area contributed by atoms with Gasteiger partial charge in [0.1, 0.15) is 0 Å². The number of unbranched alkanes of at least 4 members (excludes halogenated alkanes) is 7. The largest absolute Gasteiger partial charge is 0.396 e. The van der Waals surface area contributed by atoms with Gasteiger partial charge in [0, 0.05) is 19.3 Å². The average Bonchev–Trinajstić information content (AvgIpc) is 2.86. The average molecular weight is 294 g/mol. The Balaban J connectivity index is 2.09. The Morgan fingerprint density at radius 3 is 2.33 bits per heavy atom. The molecular formula is C16H30N4O. The van der Waals surface area contributed by atoms with E-state index in [4.69, 9.17) is 5.73 Å². The van der Waals surface area contributed by atoms with E-state index in [2.05, 4.69) is 17.3 Å². The van der Waals surface area contributed by atoms with Gasteiger partial charge in [-0.3, -0.25) is 9.48 Å². The van der Waals surface area contributed by atoms with Crippen molar-refractivity contribution in [2.75, 3.05) is 12.3 Å². The van der Waals surface area contributed by atoms with Crippen LogP contribution in [0.5, 0.6) is 0 Å². The number of hydrogen-bond donors (Lipinski definition) is 2. The van der Waals surface area contributed by atoms with Gasteiger partial charge >= 0.3 is 0 Å². The molecule has 1 aromatic heterocycles. The Bertz CT molecular complexity index is 414. The lowest BCUT2D eigenvalue weighted by Crippen LogP contribution is -2.25. The van der Waals surface area contributed by atoms with Gasteiger partial charge in [-0.1, -0.05) is 51.9 Å². The lowest BCUT2D eigenvalue weighted by Gasteiger charge is -2.04. The maximum Gasteiger partial charge on any atom is 0.273 e. The van der Waals surface area contributed by atoms with Crippen molar-refractivity contribution in [3.63, 3.8) is 0 Å². The second kappa shape index (κ2) is 10.2. The minimum absolute atomic E-state index is 0.164. The fourth-order valence-electron chi connectivity index (χ4n) is 2.32. The number of nitrogen functional groups attached to an aromatic ring is 1. The van der Waals surface area contributed by atoms with Crippen LogP contribution < -0.4 is 11.1 Å². The van der Waals surface area contributed by atoms with Gasteiger partial charge < -0.3 is 11.1 Å². The molecule has 0 saturated heterocycles. The van der Waals surface area contributed by atoms with Crippen LogP contribution in [0.25, 0.3) is 0 Å². The fourth-order valence-corrected chi connectivity index (χ4v) is 2.32. The number of nitrogens with two attached hydrogens (primary N) is 1. The van der Waals surface area contributed by atoms with Crippen LogP contribution in [-0.2, 0) is 6.54 Å². The number of hydrogen-bond acceptors (Lipinski definition) is 3. The van der Waals surface area contributed by atoms with Crippen LogP contribution in [0.2, 0.25) is 0 Å². The predicted octanol–water partition coefficient (Wildman–Crippen LogP) is 3.36. The Labute approximate surface area is 128 Å². The van der Waals surface area contributed by atoms with Crippen LogP contribution in [0, 0.1) is 0 Å². The number of amides is 1. The number of rotatable bonds is 11. The second-order valence-corrected chi connectivity index (χ2v) is 5.52. The third kappa shape index (κ3) is 6.65. The first-order valence-electron chi connectivity index (χ1n) is 8.30. The molecule has 0 atom stereocenters. The van der Waals surface area contributed by atoms with Gasteiger partial charge in [-0.05, 0) is 13.3 Å². The second-order valence-electron chi connectivity index (χ2n) is 5.52. The predicted molar refractivity (Wildman–Crippen MR) is 87.3 cm³/mol. The summed E-state index contributed by atoms with van der Waals surface area (Å²) in [5, 5.41) is 7.06. The third-order valence-corrected chi connectivity index (χ3v) is 3.64. The van der Waals surface area contributed by atoms with Crippen molar-refractivity contribution < 1.29 is 4.79 Å². The van der Waals surface area contributed by atoms with Crippen molar-refractivity contribution in [1.29, 1.82) is 0 Å². The summed E-state index contributed by atoms with van der Waals surface area (Å²) in [6.07, 6.45) is 11.8. The highest BCUT2D eigenvalue weighted by Gasteiger charge is 2.13. The van der Waals surface area contributed by atoms with Gasteiger partial charge in [0.25, 0.3) is 5.91 Å². The molecule has 0 aliphatic carbocycles. The molecule has 1 rings (SSSR count). The Morgan fingerprint density at radius 2 is 1.76 bits per heavy atom. The van der Waals surface area contributed by atoms with Crippen molar-refractivity contribution >= 4 is 11.6 Å². The normalized spacial score (nSPS) is 10.8. The highest BCUT2D eigenvalue weighted by Crippen LogP contribution is 2.10. The zero-order valence-corrected chi connectivity index (χ0v) is 13.5. The summed E-state index contributed by atoms with van der Waals surface area (Å²) in [6, 6.07) is 0. The maximum atomic E-state index is 11.9. The summed E-state index contributed by atoms with van der Waals surface area (Å²) in [6.45, 7) is 5.62. The third-order valence-electron chi connectivity index (χ3n) is 3.64. The van der Waals surface area contributed by atoms with Gasteiger partial charge in [-0.15, -0.1) is 0 Å². The molecule has 0 bridgehead atoms. The molecule has 0 aromatic carbocycles. The first kappa shape index (κ1) is 17.5. The van der Waals surface area contributed by atoms with E-state index < -0.39 is 0 Å². The molecule has 0 spiro atoms. The molecule has 1 aromatic rings. The fraction of sp³-hybridized carbons (Fsp3) is 0.750. The highest BCUT2D eigenvalue weighted by atomic mass is 16.1. The van der Waals surface area contributed by atoms with Crippen molar-refractivity contribution in [1.82, 2.24) is 15.1 Å². The monoisotopic (exact) mass is 294 g/mol. The summed E-state index contributed by atoms with van der Waals surface area (Å²) < 4.78 is 1.68. The zero-order chi connectivity index (χ0) is 15.5. The summed E-state index contributed by atoms with van der Waals surface area (Å²) in [4.78, 5) is 11.9. The minimum atomic E-state index is -0.164. The van der Waals surface area contributed by atoms with Crippen LogP contribution in [-0.4, -0.2) is 22.2 Å². The highest BCUT2D eigenvalue weighted by molar-refractivity contribution is 5.96. The molecule has 0 radical (unpaired) electrons. The standard InChI is InChI=1S/C16H30N4O/c1-3-5-6-7-8-9-10-11-12-18-16(21)15-14(17)13-20(4-2)19-15/h13H,3-12,17H2,1-2H3,(H,18,21). The van der Waals surface area contributed by atoms with E-state index in [1.165, 1.54) is 44.9 Å². The van der Waals surface area contributed by atoms with E-state index in [1.54, 1.807) is 10.9 Å². The van der Waals surface area contributed by atoms with Crippen molar-refractivity contribution in [3.05, 3.63) is 11.9 Å². The number of aromatic nitrogens is 2. The molecule has 1 amide bonds. The van der Waals surface area contributed by atoms with Crippen LogP contribution in [0.4, 0.5) is 5.69 Å². The van der Waals surface area contributed by atoms with Crippen molar-refractivity contribution in [2.45, 2.75) is 71.8 Å². The van der Waals surface area contributed by atoms with Crippen molar-refractivity contribution in [3.8, 4) is 0 Å². The molecule has 0 unspecified atom stereocenters. The van der Waals surface area contributed by atoms with Crippen LogP contribution in [0.1, 0.15) is 75.7 Å².